The van der Waals surface area contributed by atoms with Gasteiger partial charge in [0.05, 0.1) is 5.69 Å². The van der Waals surface area contributed by atoms with E-state index in [1.54, 1.807) is 0 Å². The van der Waals surface area contributed by atoms with E-state index in [-0.39, 0.29) is 5.04 Å². The number of nitrogens with zero attached hydrogens (tertiary/aromatic N) is 1. The summed E-state index contributed by atoms with van der Waals surface area (Å²) >= 11 is 0. The van der Waals surface area contributed by atoms with Crippen molar-refractivity contribution in [2.45, 2.75) is 25.8 Å². The Morgan fingerprint density at radius 2 is 1.00 bits per heavy atom. The Bertz CT molecular complexity index is 1110. The molecule has 0 aliphatic rings. The zero-order valence-corrected chi connectivity index (χ0v) is 19.9. The minimum absolute atomic E-state index is 0.137. The quantitative estimate of drug-likeness (QED) is 0.204. The lowest BCUT2D eigenvalue weighted by Crippen LogP contribution is -2.67. The van der Waals surface area contributed by atoms with Gasteiger partial charge in [0.25, 0.3) is 0 Å². The molecule has 0 aliphatic carbocycles. The van der Waals surface area contributed by atoms with Gasteiger partial charge in [-0.25, -0.2) is 4.99 Å². The molecule has 0 aromatic heterocycles. The van der Waals surface area contributed by atoms with Crippen molar-refractivity contribution in [3.05, 3.63) is 127 Å². The summed E-state index contributed by atoms with van der Waals surface area (Å²) in [6.07, 6.45) is 0. The molecule has 0 unspecified atom stereocenters. The first-order valence-corrected chi connectivity index (χ1v) is 12.9. The number of para-hydroxylation sites is 1. The van der Waals surface area contributed by atoms with E-state index in [0.29, 0.717) is 5.90 Å². The first-order chi connectivity index (χ1) is 15.5. The van der Waals surface area contributed by atoms with Gasteiger partial charge in [0.15, 0.2) is 0 Å². The SMILES string of the molecule is CC(C)(C)[Si](OC(=Nc1ccccc1)c1ccccc1)(c1ccccc1)c1ccccc1. The maximum absolute atomic E-state index is 7.25. The summed E-state index contributed by atoms with van der Waals surface area (Å²) in [5.41, 5.74) is 1.86. The zero-order valence-electron chi connectivity index (χ0n) is 18.9. The summed E-state index contributed by atoms with van der Waals surface area (Å²) in [6.45, 7) is 6.85. The fourth-order valence-corrected chi connectivity index (χ4v) is 8.53. The van der Waals surface area contributed by atoms with Crippen molar-refractivity contribution >= 4 is 30.3 Å². The minimum atomic E-state index is -2.78. The third kappa shape index (κ3) is 4.44. The Balaban J connectivity index is 1.97. The van der Waals surface area contributed by atoms with Crippen molar-refractivity contribution in [2.24, 2.45) is 4.99 Å². The van der Waals surface area contributed by atoms with Gasteiger partial charge < -0.3 is 4.43 Å². The van der Waals surface area contributed by atoms with Crippen LogP contribution >= 0.6 is 0 Å². The molecule has 0 amide bonds. The zero-order chi connectivity index (χ0) is 22.4. The molecule has 2 nitrogen and oxygen atoms in total. The van der Waals surface area contributed by atoms with Crippen molar-refractivity contribution in [1.82, 2.24) is 0 Å². The summed E-state index contributed by atoms with van der Waals surface area (Å²) in [7, 11) is -2.78. The van der Waals surface area contributed by atoms with E-state index in [9.17, 15) is 0 Å². The molecular formula is C29H29NOSi. The van der Waals surface area contributed by atoms with E-state index in [0.717, 1.165) is 11.3 Å². The molecule has 0 atom stereocenters. The average Bonchev–Trinajstić information content (AvgIpc) is 2.83. The highest BCUT2D eigenvalue weighted by atomic mass is 28.4. The van der Waals surface area contributed by atoms with Crippen molar-refractivity contribution in [1.29, 1.82) is 0 Å². The van der Waals surface area contributed by atoms with Gasteiger partial charge in [-0.2, -0.15) is 0 Å². The molecule has 0 radical (unpaired) electrons. The lowest BCUT2D eigenvalue weighted by Gasteiger charge is -2.43. The van der Waals surface area contributed by atoms with Crippen LogP contribution in [-0.4, -0.2) is 14.2 Å². The number of hydrogen-bond acceptors (Lipinski definition) is 2. The molecule has 4 rings (SSSR count). The van der Waals surface area contributed by atoms with Gasteiger partial charge in [0.2, 0.25) is 5.90 Å². The van der Waals surface area contributed by atoms with E-state index in [1.165, 1.54) is 10.4 Å². The summed E-state index contributed by atoms with van der Waals surface area (Å²) < 4.78 is 7.25. The number of hydrogen-bond donors (Lipinski definition) is 0. The van der Waals surface area contributed by atoms with Crippen LogP contribution in [0.2, 0.25) is 5.04 Å². The maximum Gasteiger partial charge on any atom is 0.322 e. The molecule has 0 fully saturated rings. The summed E-state index contributed by atoms with van der Waals surface area (Å²) in [6, 6.07) is 41.6. The predicted octanol–water partition coefficient (Wildman–Crippen LogP) is 6.34. The molecule has 4 aromatic carbocycles. The molecule has 0 aliphatic heterocycles. The molecule has 3 heteroatoms. The molecule has 0 bridgehead atoms. The first kappa shape index (κ1) is 21.8. The second kappa shape index (κ2) is 9.37. The van der Waals surface area contributed by atoms with Crippen LogP contribution in [0.25, 0.3) is 0 Å². The van der Waals surface area contributed by atoms with Gasteiger partial charge >= 0.3 is 8.32 Å². The highest BCUT2D eigenvalue weighted by Gasteiger charge is 2.52. The monoisotopic (exact) mass is 435 g/mol. The van der Waals surface area contributed by atoms with Crippen molar-refractivity contribution in [3.8, 4) is 0 Å². The maximum atomic E-state index is 7.25. The van der Waals surface area contributed by atoms with Crippen LogP contribution in [0.3, 0.4) is 0 Å². The molecule has 0 saturated carbocycles. The second-order valence-electron chi connectivity index (χ2n) is 8.88. The van der Waals surface area contributed by atoms with Gasteiger partial charge in [-0.05, 0) is 39.7 Å². The van der Waals surface area contributed by atoms with Crippen molar-refractivity contribution < 1.29 is 4.43 Å². The Kier molecular flexibility index (Phi) is 6.38. The van der Waals surface area contributed by atoms with Crippen LogP contribution in [-0.2, 0) is 4.43 Å². The highest BCUT2D eigenvalue weighted by Crippen LogP contribution is 2.37. The smallest absolute Gasteiger partial charge is 0.322 e. The van der Waals surface area contributed by atoms with E-state index >= 15 is 0 Å². The third-order valence-electron chi connectivity index (χ3n) is 5.67. The fraction of sp³-hybridized carbons (Fsp3) is 0.138. The van der Waals surface area contributed by atoms with E-state index in [1.807, 2.05) is 48.5 Å². The number of rotatable bonds is 5. The van der Waals surface area contributed by atoms with E-state index in [4.69, 9.17) is 9.42 Å². The lowest BCUT2D eigenvalue weighted by molar-refractivity contribution is 0.503. The normalized spacial score (nSPS) is 12.4. The average molecular weight is 436 g/mol. The third-order valence-corrected chi connectivity index (χ3v) is 10.6. The van der Waals surface area contributed by atoms with Gasteiger partial charge in [0, 0.05) is 5.56 Å². The standard InChI is InChI=1S/C29H29NOSi/c1-29(2,3)32(26-20-12-6-13-21-26,27-22-14-7-15-23-27)31-28(24-16-8-4-9-17-24)30-25-18-10-5-11-19-25/h4-23H,1-3H3. The van der Waals surface area contributed by atoms with Crippen LogP contribution in [0.15, 0.2) is 126 Å². The predicted molar refractivity (Wildman–Crippen MR) is 138 cm³/mol. The van der Waals surface area contributed by atoms with Crippen LogP contribution in [0.4, 0.5) is 5.69 Å². The van der Waals surface area contributed by atoms with Gasteiger partial charge in [-0.3, -0.25) is 0 Å². The largest absolute Gasteiger partial charge is 0.521 e. The lowest BCUT2D eigenvalue weighted by atomic mass is 10.2. The van der Waals surface area contributed by atoms with Gasteiger partial charge in [-0.1, -0.05) is 118 Å². The van der Waals surface area contributed by atoms with Crippen LogP contribution < -0.4 is 10.4 Å². The molecule has 0 N–H and O–H groups in total. The Morgan fingerprint density at radius 1 is 0.594 bits per heavy atom. The summed E-state index contributed by atoms with van der Waals surface area (Å²) in [4.78, 5) is 5.01. The second-order valence-corrected chi connectivity index (χ2v) is 13.1. The summed E-state index contributed by atoms with van der Waals surface area (Å²) in [5, 5.41) is 2.33. The molecule has 160 valence electrons. The molecular weight excluding hydrogens is 406 g/mol. The van der Waals surface area contributed by atoms with Crippen LogP contribution in [0, 0.1) is 0 Å². The topological polar surface area (TPSA) is 21.6 Å². The molecule has 0 spiro atoms. The number of benzene rings is 4. The Labute approximate surface area is 192 Å². The molecule has 0 saturated heterocycles. The fourth-order valence-electron chi connectivity index (χ4n) is 4.14. The number of aliphatic imine (C=N–C) groups is 1. The first-order valence-electron chi connectivity index (χ1n) is 11.0. The molecule has 32 heavy (non-hydrogen) atoms. The van der Waals surface area contributed by atoms with Crippen molar-refractivity contribution in [3.63, 3.8) is 0 Å². The minimum Gasteiger partial charge on any atom is -0.521 e. The van der Waals surface area contributed by atoms with Gasteiger partial charge in [0.1, 0.15) is 0 Å². The highest BCUT2D eigenvalue weighted by molar-refractivity contribution is 7.00. The van der Waals surface area contributed by atoms with E-state index in [2.05, 4.69) is 93.6 Å². The van der Waals surface area contributed by atoms with E-state index < -0.39 is 8.32 Å². The summed E-state index contributed by atoms with van der Waals surface area (Å²) in [5.74, 6) is 0.658. The van der Waals surface area contributed by atoms with Crippen LogP contribution in [0.1, 0.15) is 26.3 Å². The molecule has 4 aromatic rings. The Morgan fingerprint density at radius 3 is 1.44 bits per heavy atom. The Hall–Kier alpha value is -3.43. The van der Waals surface area contributed by atoms with Crippen molar-refractivity contribution in [2.75, 3.05) is 0 Å². The van der Waals surface area contributed by atoms with Gasteiger partial charge in [-0.15, -0.1) is 0 Å². The molecule has 0 heterocycles. The van der Waals surface area contributed by atoms with Crippen LogP contribution in [0.5, 0.6) is 0 Å².